The van der Waals surface area contributed by atoms with E-state index in [-0.39, 0.29) is 6.10 Å². The van der Waals surface area contributed by atoms with Crippen LogP contribution in [0.3, 0.4) is 0 Å². The van der Waals surface area contributed by atoms with Crippen LogP contribution in [-0.4, -0.2) is 57.5 Å². The molecular formula is C14H24N2O3. The number of hydrogen-bond donors (Lipinski definition) is 2. The zero-order chi connectivity index (χ0) is 14.3. The number of aliphatic hydroxyl groups is 1. The molecule has 19 heavy (non-hydrogen) atoms. The van der Waals surface area contributed by atoms with Gasteiger partial charge in [0.1, 0.15) is 11.5 Å². The lowest BCUT2D eigenvalue weighted by atomic mass is 10.2. The van der Waals surface area contributed by atoms with Crippen molar-refractivity contribution in [1.82, 2.24) is 10.2 Å². The van der Waals surface area contributed by atoms with Crippen molar-refractivity contribution in [3.63, 3.8) is 0 Å². The normalized spacial score (nSPS) is 12.5. The standard InChI is InChI=1S/C14H24N2O3/c1-16(2)10-12(17)9-15-8-11-7-13(18-3)5-6-14(11)19-4/h5-7,12,15,17H,8-10H2,1-4H3. The first-order valence-corrected chi connectivity index (χ1v) is 6.31. The SMILES string of the molecule is COc1ccc(OC)c(CNCC(O)CN(C)C)c1. The Morgan fingerprint density at radius 3 is 2.58 bits per heavy atom. The number of hydrogen-bond acceptors (Lipinski definition) is 5. The molecule has 0 heterocycles. The van der Waals surface area contributed by atoms with Crippen LogP contribution in [0.15, 0.2) is 18.2 Å². The molecule has 0 amide bonds. The van der Waals surface area contributed by atoms with E-state index in [1.54, 1.807) is 14.2 Å². The molecule has 5 nitrogen and oxygen atoms in total. The first-order valence-electron chi connectivity index (χ1n) is 6.31. The van der Waals surface area contributed by atoms with Crippen molar-refractivity contribution >= 4 is 0 Å². The number of likely N-dealkylation sites (N-methyl/N-ethyl adjacent to an activating group) is 1. The Morgan fingerprint density at radius 2 is 2.00 bits per heavy atom. The van der Waals surface area contributed by atoms with Crippen molar-refractivity contribution in [2.75, 3.05) is 41.4 Å². The molecule has 5 heteroatoms. The van der Waals surface area contributed by atoms with Gasteiger partial charge in [0.2, 0.25) is 0 Å². The summed E-state index contributed by atoms with van der Waals surface area (Å²) >= 11 is 0. The molecule has 0 saturated heterocycles. The highest BCUT2D eigenvalue weighted by Gasteiger charge is 2.07. The maximum Gasteiger partial charge on any atom is 0.123 e. The maximum atomic E-state index is 9.76. The number of nitrogens with zero attached hydrogens (tertiary/aromatic N) is 1. The Balaban J connectivity index is 2.51. The second-order valence-corrected chi connectivity index (χ2v) is 4.72. The highest BCUT2D eigenvalue weighted by Crippen LogP contribution is 2.23. The lowest BCUT2D eigenvalue weighted by Gasteiger charge is -2.17. The first kappa shape index (κ1) is 15.8. The highest BCUT2D eigenvalue weighted by molar-refractivity contribution is 5.40. The molecule has 0 radical (unpaired) electrons. The van der Waals surface area contributed by atoms with E-state index < -0.39 is 0 Å². The zero-order valence-electron chi connectivity index (χ0n) is 12.1. The summed E-state index contributed by atoms with van der Waals surface area (Å²) in [5.74, 6) is 1.61. The molecular weight excluding hydrogens is 244 g/mol. The molecule has 0 aliphatic heterocycles. The third-order valence-corrected chi connectivity index (χ3v) is 2.76. The summed E-state index contributed by atoms with van der Waals surface area (Å²) in [6.45, 7) is 1.81. The smallest absolute Gasteiger partial charge is 0.123 e. The largest absolute Gasteiger partial charge is 0.497 e. The van der Waals surface area contributed by atoms with Gasteiger partial charge in [-0.15, -0.1) is 0 Å². The van der Waals surface area contributed by atoms with E-state index in [1.807, 2.05) is 37.2 Å². The number of aliphatic hydroxyl groups excluding tert-OH is 1. The third-order valence-electron chi connectivity index (χ3n) is 2.76. The van der Waals surface area contributed by atoms with Gasteiger partial charge in [-0.2, -0.15) is 0 Å². The van der Waals surface area contributed by atoms with E-state index >= 15 is 0 Å². The number of methoxy groups -OCH3 is 2. The van der Waals surface area contributed by atoms with Crippen LogP contribution in [-0.2, 0) is 6.54 Å². The van der Waals surface area contributed by atoms with Gasteiger partial charge in [0.15, 0.2) is 0 Å². The average Bonchev–Trinajstić information content (AvgIpc) is 2.37. The second-order valence-electron chi connectivity index (χ2n) is 4.72. The van der Waals surface area contributed by atoms with Crippen LogP contribution in [0, 0.1) is 0 Å². The van der Waals surface area contributed by atoms with Crippen LogP contribution in [0.25, 0.3) is 0 Å². The van der Waals surface area contributed by atoms with E-state index in [2.05, 4.69) is 5.32 Å². The Bertz CT molecular complexity index is 383. The Labute approximate surface area is 115 Å². The van der Waals surface area contributed by atoms with Crippen LogP contribution in [0.1, 0.15) is 5.56 Å². The van der Waals surface area contributed by atoms with E-state index in [0.29, 0.717) is 19.6 Å². The van der Waals surface area contributed by atoms with Crippen molar-refractivity contribution in [3.05, 3.63) is 23.8 Å². The monoisotopic (exact) mass is 268 g/mol. The summed E-state index contributed by atoms with van der Waals surface area (Å²) in [5.41, 5.74) is 1.01. The van der Waals surface area contributed by atoms with E-state index in [9.17, 15) is 5.11 Å². The molecule has 1 aromatic carbocycles. The number of ether oxygens (including phenoxy) is 2. The van der Waals surface area contributed by atoms with Crippen molar-refractivity contribution in [1.29, 1.82) is 0 Å². The maximum absolute atomic E-state index is 9.76. The molecule has 0 spiro atoms. The molecule has 0 fully saturated rings. The second kappa shape index (κ2) is 7.99. The fourth-order valence-corrected chi connectivity index (χ4v) is 1.88. The van der Waals surface area contributed by atoms with Crippen molar-refractivity contribution in [2.45, 2.75) is 12.6 Å². The predicted molar refractivity (Wildman–Crippen MR) is 75.8 cm³/mol. The summed E-state index contributed by atoms with van der Waals surface area (Å²) in [4.78, 5) is 1.96. The topological polar surface area (TPSA) is 54.0 Å². The minimum atomic E-state index is -0.383. The Kier molecular flexibility index (Phi) is 6.62. The van der Waals surface area contributed by atoms with Gasteiger partial charge in [-0.1, -0.05) is 0 Å². The highest BCUT2D eigenvalue weighted by atomic mass is 16.5. The van der Waals surface area contributed by atoms with Crippen LogP contribution < -0.4 is 14.8 Å². The van der Waals surface area contributed by atoms with Gasteiger partial charge >= 0.3 is 0 Å². The van der Waals surface area contributed by atoms with Crippen LogP contribution in [0.5, 0.6) is 11.5 Å². The minimum Gasteiger partial charge on any atom is -0.497 e. The van der Waals surface area contributed by atoms with Crippen LogP contribution >= 0.6 is 0 Å². The molecule has 1 unspecified atom stereocenters. The van der Waals surface area contributed by atoms with Gasteiger partial charge in [0.25, 0.3) is 0 Å². The van der Waals surface area contributed by atoms with Crippen molar-refractivity contribution in [3.8, 4) is 11.5 Å². The van der Waals surface area contributed by atoms with E-state index in [0.717, 1.165) is 17.1 Å². The summed E-state index contributed by atoms with van der Waals surface area (Å²) in [6.07, 6.45) is -0.383. The fraction of sp³-hybridized carbons (Fsp3) is 0.571. The first-order chi connectivity index (χ1) is 9.06. The van der Waals surface area contributed by atoms with Gasteiger partial charge < -0.3 is 24.8 Å². The third kappa shape index (κ3) is 5.46. The minimum absolute atomic E-state index is 0.383. The average molecular weight is 268 g/mol. The van der Waals surface area contributed by atoms with Gasteiger partial charge in [0.05, 0.1) is 20.3 Å². The van der Waals surface area contributed by atoms with Crippen LogP contribution in [0.2, 0.25) is 0 Å². The molecule has 1 atom stereocenters. The number of benzene rings is 1. The molecule has 0 aliphatic rings. The van der Waals surface area contributed by atoms with Gasteiger partial charge in [-0.05, 0) is 32.3 Å². The van der Waals surface area contributed by atoms with Gasteiger partial charge in [-0.3, -0.25) is 0 Å². The zero-order valence-corrected chi connectivity index (χ0v) is 12.1. The molecule has 0 saturated carbocycles. The summed E-state index contributed by atoms with van der Waals surface area (Å²) in [5, 5.41) is 13.0. The summed E-state index contributed by atoms with van der Waals surface area (Å²) in [7, 11) is 7.16. The molecule has 0 bridgehead atoms. The molecule has 0 aliphatic carbocycles. The molecule has 108 valence electrons. The van der Waals surface area contributed by atoms with Crippen LogP contribution in [0.4, 0.5) is 0 Å². The molecule has 1 rings (SSSR count). The van der Waals surface area contributed by atoms with Crippen molar-refractivity contribution in [2.24, 2.45) is 0 Å². The quantitative estimate of drug-likeness (QED) is 0.727. The Hall–Kier alpha value is -1.30. The number of nitrogens with one attached hydrogen (secondary N) is 1. The lowest BCUT2D eigenvalue weighted by Crippen LogP contribution is -2.34. The van der Waals surface area contributed by atoms with E-state index in [4.69, 9.17) is 9.47 Å². The summed E-state index contributed by atoms with van der Waals surface area (Å²) in [6, 6.07) is 5.68. The van der Waals surface area contributed by atoms with Gasteiger partial charge in [-0.25, -0.2) is 0 Å². The Morgan fingerprint density at radius 1 is 1.26 bits per heavy atom. The fourth-order valence-electron chi connectivity index (χ4n) is 1.88. The molecule has 2 N–H and O–H groups in total. The number of rotatable bonds is 8. The molecule has 0 aromatic heterocycles. The van der Waals surface area contributed by atoms with E-state index in [1.165, 1.54) is 0 Å². The summed E-state index contributed by atoms with van der Waals surface area (Å²) < 4.78 is 10.5. The van der Waals surface area contributed by atoms with Gasteiger partial charge in [0, 0.05) is 25.2 Å². The predicted octanol–water partition coefficient (Wildman–Crippen LogP) is 0.716. The lowest BCUT2D eigenvalue weighted by molar-refractivity contribution is 0.134. The van der Waals surface area contributed by atoms with Crippen molar-refractivity contribution < 1.29 is 14.6 Å². The molecule has 1 aromatic rings.